The first-order valence-electron chi connectivity index (χ1n) is 12.8. The molecule has 0 atom stereocenters. The van der Waals surface area contributed by atoms with Crippen molar-refractivity contribution in [1.29, 1.82) is 0 Å². The second-order valence-corrected chi connectivity index (χ2v) is 10.5. The van der Waals surface area contributed by atoms with Gasteiger partial charge in [-0.2, -0.15) is 0 Å². The number of aromatic hydroxyl groups is 1. The molecule has 0 aliphatic rings. The van der Waals surface area contributed by atoms with E-state index in [0.717, 1.165) is 44.7 Å². The highest BCUT2D eigenvalue weighted by Gasteiger charge is 2.24. The molecule has 38 heavy (non-hydrogen) atoms. The summed E-state index contributed by atoms with van der Waals surface area (Å²) in [5, 5.41) is 11.5. The van der Waals surface area contributed by atoms with E-state index in [2.05, 4.69) is 84.9 Å². The van der Waals surface area contributed by atoms with Crippen LogP contribution in [0.15, 0.2) is 115 Å². The molecule has 6 aromatic rings. The number of para-hydroxylation sites is 3. The highest BCUT2D eigenvalue weighted by Crippen LogP contribution is 2.41. The Kier molecular flexibility index (Phi) is 5.80. The molecule has 186 valence electrons. The normalized spacial score (nSPS) is 11.7. The molecular weight excluding hydrogens is 466 g/mol. The molecule has 2 aromatic heterocycles. The Morgan fingerprint density at radius 2 is 1.39 bits per heavy atom. The van der Waals surface area contributed by atoms with E-state index in [-0.39, 0.29) is 11.2 Å². The minimum atomic E-state index is -0.208. The lowest BCUT2D eigenvalue weighted by molar-refractivity contribution is 0.448. The van der Waals surface area contributed by atoms with Crippen LogP contribution in [-0.4, -0.2) is 19.6 Å². The van der Waals surface area contributed by atoms with Crippen LogP contribution >= 0.6 is 0 Å². The smallest absolute Gasteiger partial charge is 0.149 e. The van der Waals surface area contributed by atoms with Crippen LogP contribution in [0.1, 0.15) is 26.3 Å². The lowest BCUT2D eigenvalue weighted by Crippen LogP contribution is -2.11. The molecule has 4 aromatic carbocycles. The summed E-state index contributed by atoms with van der Waals surface area (Å²) in [6, 6.07) is 36.8. The van der Waals surface area contributed by atoms with E-state index in [9.17, 15) is 5.11 Å². The largest absolute Gasteiger partial charge is 0.507 e. The number of phenols is 1. The number of fused-ring (bicyclic) bond motifs is 1. The van der Waals surface area contributed by atoms with E-state index in [1.165, 1.54) is 0 Å². The average molecular weight is 496 g/mol. The molecule has 6 rings (SSSR count). The van der Waals surface area contributed by atoms with Gasteiger partial charge in [0.15, 0.2) is 0 Å². The van der Waals surface area contributed by atoms with E-state index < -0.39 is 0 Å². The van der Waals surface area contributed by atoms with Gasteiger partial charge in [0.1, 0.15) is 11.6 Å². The fraction of sp³-hybridized carbons (Fsp3) is 0.118. The SMILES string of the molecule is CC(C)(C)c1cccc(-c2nc3c(-c4cccc(-c5ccccn5)c4)cccc3n2-c2ccccc2)c1O. The number of rotatable bonds is 4. The fourth-order valence-electron chi connectivity index (χ4n) is 5.06. The molecule has 2 heterocycles. The number of hydrogen-bond donors (Lipinski definition) is 1. The summed E-state index contributed by atoms with van der Waals surface area (Å²) in [6.45, 7) is 6.33. The van der Waals surface area contributed by atoms with Crippen molar-refractivity contribution in [2.75, 3.05) is 0 Å². The number of imidazole rings is 1. The highest BCUT2D eigenvalue weighted by atomic mass is 16.3. The lowest BCUT2D eigenvalue weighted by Gasteiger charge is -2.22. The Balaban J connectivity index is 1.62. The predicted octanol–water partition coefficient (Wildman–Crippen LogP) is 8.42. The van der Waals surface area contributed by atoms with E-state index in [4.69, 9.17) is 4.98 Å². The molecule has 0 bridgehead atoms. The van der Waals surface area contributed by atoms with Crippen LogP contribution in [0.3, 0.4) is 0 Å². The van der Waals surface area contributed by atoms with Gasteiger partial charge in [-0.1, -0.05) is 87.5 Å². The maximum atomic E-state index is 11.5. The monoisotopic (exact) mass is 495 g/mol. The summed E-state index contributed by atoms with van der Waals surface area (Å²) in [7, 11) is 0. The van der Waals surface area contributed by atoms with Crippen molar-refractivity contribution >= 4 is 11.0 Å². The Morgan fingerprint density at radius 3 is 2.16 bits per heavy atom. The van der Waals surface area contributed by atoms with Crippen molar-refractivity contribution in [3.63, 3.8) is 0 Å². The molecule has 0 saturated carbocycles. The topological polar surface area (TPSA) is 50.9 Å². The zero-order chi connectivity index (χ0) is 26.3. The molecule has 0 saturated heterocycles. The first kappa shape index (κ1) is 23.7. The maximum Gasteiger partial charge on any atom is 0.149 e. The number of nitrogens with zero attached hydrogens (tertiary/aromatic N) is 3. The molecule has 0 aliphatic carbocycles. The van der Waals surface area contributed by atoms with E-state index in [0.29, 0.717) is 11.4 Å². The fourth-order valence-corrected chi connectivity index (χ4v) is 5.06. The minimum absolute atomic E-state index is 0.208. The first-order chi connectivity index (χ1) is 18.4. The van der Waals surface area contributed by atoms with Crippen LogP contribution in [0.5, 0.6) is 5.75 Å². The molecule has 0 spiro atoms. The quantitative estimate of drug-likeness (QED) is 0.267. The number of aromatic nitrogens is 3. The van der Waals surface area contributed by atoms with Gasteiger partial charge < -0.3 is 5.11 Å². The summed E-state index contributed by atoms with van der Waals surface area (Å²) >= 11 is 0. The van der Waals surface area contributed by atoms with Gasteiger partial charge in [0.2, 0.25) is 0 Å². The van der Waals surface area contributed by atoms with Crippen LogP contribution in [0.4, 0.5) is 0 Å². The molecule has 0 amide bonds. The minimum Gasteiger partial charge on any atom is -0.507 e. The predicted molar refractivity (Wildman–Crippen MR) is 156 cm³/mol. The van der Waals surface area contributed by atoms with E-state index >= 15 is 0 Å². The van der Waals surface area contributed by atoms with Crippen LogP contribution in [0.25, 0.3) is 50.5 Å². The molecule has 1 N–H and O–H groups in total. The molecule has 4 nitrogen and oxygen atoms in total. The Hall–Kier alpha value is -4.70. The third kappa shape index (κ3) is 4.14. The third-order valence-electron chi connectivity index (χ3n) is 6.92. The Bertz CT molecular complexity index is 1750. The number of hydrogen-bond acceptors (Lipinski definition) is 3. The van der Waals surface area contributed by atoms with Crippen LogP contribution in [0, 0.1) is 0 Å². The van der Waals surface area contributed by atoms with Gasteiger partial charge in [-0.25, -0.2) is 4.98 Å². The van der Waals surface area contributed by atoms with Crippen molar-refractivity contribution < 1.29 is 5.11 Å². The van der Waals surface area contributed by atoms with Crippen molar-refractivity contribution in [3.8, 4) is 45.2 Å². The summed E-state index contributed by atoms with van der Waals surface area (Å²) in [5.74, 6) is 0.981. The Morgan fingerprint density at radius 1 is 0.684 bits per heavy atom. The van der Waals surface area contributed by atoms with E-state index in [1.54, 1.807) is 0 Å². The highest BCUT2D eigenvalue weighted by molar-refractivity contribution is 5.96. The zero-order valence-electron chi connectivity index (χ0n) is 21.8. The van der Waals surface area contributed by atoms with Gasteiger partial charge in [0.25, 0.3) is 0 Å². The lowest BCUT2D eigenvalue weighted by atomic mass is 9.85. The molecule has 0 aliphatic heterocycles. The number of pyridine rings is 1. The van der Waals surface area contributed by atoms with Crippen molar-refractivity contribution in [2.45, 2.75) is 26.2 Å². The van der Waals surface area contributed by atoms with Gasteiger partial charge in [-0.15, -0.1) is 0 Å². The zero-order valence-corrected chi connectivity index (χ0v) is 21.8. The van der Waals surface area contributed by atoms with Crippen LogP contribution < -0.4 is 0 Å². The van der Waals surface area contributed by atoms with E-state index in [1.807, 2.05) is 60.8 Å². The van der Waals surface area contributed by atoms with Gasteiger partial charge in [-0.3, -0.25) is 9.55 Å². The molecule has 0 radical (unpaired) electrons. The maximum absolute atomic E-state index is 11.5. The van der Waals surface area contributed by atoms with Gasteiger partial charge in [0.05, 0.1) is 22.3 Å². The third-order valence-corrected chi connectivity index (χ3v) is 6.92. The first-order valence-corrected chi connectivity index (χ1v) is 12.8. The Labute approximate surface area is 222 Å². The second-order valence-electron chi connectivity index (χ2n) is 10.5. The average Bonchev–Trinajstić information content (AvgIpc) is 3.33. The summed E-state index contributed by atoms with van der Waals surface area (Å²) in [4.78, 5) is 9.74. The van der Waals surface area contributed by atoms with Crippen molar-refractivity contribution in [1.82, 2.24) is 14.5 Å². The van der Waals surface area contributed by atoms with Crippen LogP contribution in [-0.2, 0) is 5.41 Å². The van der Waals surface area contributed by atoms with Gasteiger partial charge >= 0.3 is 0 Å². The van der Waals surface area contributed by atoms with Crippen LogP contribution in [0.2, 0.25) is 0 Å². The molecule has 0 fully saturated rings. The van der Waals surface area contributed by atoms with Crippen molar-refractivity contribution in [3.05, 3.63) is 121 Å². The molecular formula is C34H29N3O. The number of phenolic OH excluding ortho intramolecular Hbond substituents is 1. The standard InChI is InChI=1S/C34H29N3O/c1-34(2,3)28-18-10-17-27(32(28)38)33-36-31-26(16-11-20-30(31)37(33)25-14-5-4-6-15-25)23-12-9-13-24(22-23)29-19-7-8-21-35-29/h4-22,38H,1-3H3. The summed E-state index contributed by atoms with van der Waals surface area (Å²) < 4.78 is 2.14. The van der Waals surface area contributed by atoms with Crippen molar-refractivity contribution in [2.24, 2.45) is 0 Å². The molecule has 0 unspecified atom stereocenters. The number of benzene rings is 4. The summed E-state index contributed by atoms with van der Waals surface area (Å²) in [6.07, 6.45) is 1.81. The van der Waals surface area contributed by atoms with Gasteiger partial charge in [-0.05, 0) is 59.0 Å². The van der Waals surface area contributed by atoms with Gasteiger partial charge in [0, 0.05) is 23.0 Å². The summed E-state index contributed by atoms with van der Waals surface area (Å²) in [5.41, 5.74) is 8.33. The molecule has 4 heteroatoms. The second kappa shape index (κ2) is 9.31.